The SMILES string of the molecule is CN(CC(=O)N(C)Cc1ccsc1)Cc1cc(Cl)cc(Cl)c1. The molecular formula is C16H18Cl2N2OS. The van der Waals surface area contributed by atoms with Crippen LogP contribution in [0.1, 0.15) is 11.1 Å². The van der Waals surface area contributed by atoms with Crippen molar-refractivity contribution in [1.82, 2.24) is 9.80 Å². The van der Waals surface area contributed by atoms with Gasteiger partial charge in [-0.05, 0) is 53.2 Å². The zero-order chi connectivity index (χ0) is 16.1. The van der Waals surface area contributed by atoms with E-state index < -0.39 is 0 Å². The largest absolute Gasteiger partial charge is 0.340 e. The van der Waals surface area contributed by atoms with Gasteiger partial charge in [-0.2, -0.15) is 11.3 Å². The standard InChI is InChI=1S/C16H18Cl2N2OS/c1-19(8-13-5-14(17)7-15(18)6-13)10-16(21)20(2)9-12-3-4-22-11-12/h3-7,11H,8-10H2,1-2H3. The Morgan fingerprint density at radius 2 is 1.77 bits per heavy atom. The second kappa shape index (κ2) is 7.97. The van der Waals surface area contributed by atoms with Crippen LogP contribution in [0.25, 0.3) is 0 Å². The third kappa shape index (κ3) is 5.29. The van der Waals surface area contributed by atoms with Crippen LogP contribution in [0.5, 0.6) is 0 Å². The molecule has 0 spiro atoms. The van der Waals surface area contributed by atoms with E-state index in [1.54, 1.807) is 22.3 Å². The number of benzene rings is 1. The maximum absolute atomic E-state index is 12.2. The monoisotopic (exact) mass is 356 g/mol. The van der Waals surface area contributed by atoms with Crippen LogP contribution in [0.15, 0.2) is 35.0 Å². The molecule has 0 radical (unpaired) electrons. The molecule has 6 heteroatoms. The van der Waals surface area contributed by atoms with Crippen molar-refractivity contribution in [1.29, 1.82) is 0 Å². The van der Waals surface area contributed by atoms with Crippen molar-refractivity contribution in [3.05, 3.63) is 56.2 Å². The van der Waals surface area contributed by atoms with Gasteiger partial charge in [-0.1, -0.05) is 23.2 Å². The van der Waals surface area contributed by atoms with Gasteiger partial charge in [-0.25, -0.2) is 0 Å². The lowest BCUT2D eigenvalue weighted by Gasteiger charge is -2.22. The molecule has 0 saturated carbocycles. The fraction of sp³-hybridized carbons (Fsp3) is 0.312. The van der Waals surface area contributed by atoms with E-state index in [1.807, 2.05) is 42.6 Å². The summed E-state index contributed by atoms with van der Waals surface area (Å²) < 4.78 is 0. The average Bonchev–Trinajstić information content (AvgIpc) is 2.89. The van der Waals surface area contributed by atoms with Gasteiger partial charge in [-0.15, -0.1) is 0 Å². The summed E-state index contributed by atoms with van der Waals surface area (Å²) in [5.41, 5.74) is 2.15. The molecule has 0 atom stereocenters. The van der Waals surface area contributed by atoms with Gasteiger partial charge < -0.3 is 4.90 Å². The first kappa shape index (κ1) is 17.3. The third-order valence-corrected chi connectivity index (χ3v) is 4.37. The van der Waals surface area contributed by atoms with E-state index in [2.05, 4.69) is 5.38 Å². The topological polar surface area (TPSA) is 23.6 Å². The van der Waals surface area contributed by atoms with Crippen molar-refractivity contribution >= 4 is 40.4 Å². The van der Waals surface area contributed by atoms with E-state index in [1.165, 1.54) is 0 Å². The molecule has 0 aliphatic carbocycles. The Kier molecular flexibility index (Phi) is 6.26. The Morgan fingerprint density at radius 1 is 1.09 bits per heavy atom. The highest BCUT2D eigenvalue weighted by molar-refractivity contribution is 7.07. The van der Waals surface area contributed by atoms with Crippen LogP contribution in [-0.4, -0.2) is 36.3 Å². The van der Waals surface area contributed by atoms with Crippen molar-refractivity contribution in [2.24, 2.45) is 0 Å². The number of hydrogen-bond donors (Lipinski definition) is 0. The first-order valence-electron chi connectivity index (χ1n) is 6.82. The fourth-order valence-corrected chi connectivity index (χ4v) is 3.40. The molecule has 1 aromatic carbocycles. The first-order valence-corrected chi connectivity index (χ1v) is 8.52. The summed E-state index contributed by atoms with van der Waals surface area (Å²) in [7, 11) is 3.73. The van der Waals surface area contributed by atoms with Gasteiger partial charge in [0.15, 0.2) is 0 Å². The van der Waals surface area contributed by atoms with Gasteiger partial charge in [-0.3, -0.25) is 9.69 Å². The second-order valence-electron chi connectivity index (χ2n) is 5.33. The smallest absolute Gasteiger partial charge is 0.236 e. The highest BCUT2D eigenvalue weighted by atomic mass is 35.5. The Labute approximate surface area is 145 Å². The molecule has 0 bridgehead atoms. The molecule has 22 heavy (non-hydrogen) atoms. The molecule has 0 aliphatic rings. The van der Waals surface area contributed by atoms with Crippen LogP contribution < -0.4 is 0 Å². The lowest BCUT2D eigenvalue weighted by molar-refractivity contribution is -0.131. The van der Waals surface area contributed by atoms with E-state index in [0.29, 0.717) is 29.7 Å². The lowest BCUT2D eigenvalue weighted by atomic mass is 10.2. The molecule has 3 nitrogen and oxygen atoms in total. The number of rotatable bonds is 6. The van der Waals surface area contributed by atoms with Crippen LogP contribution in [0.2, 0.25) is 10.0 Å². The third-order valence-electron chi connectivity index (χ3n) is 3.21. The van der Waals surface area contributed by atoms with Crippen molar-refractivity contribution in [3.8, 4) is 0 Å². The molecule has 1 heterocycles. The van der Waals surface area contributed by atoms with E-state index >= 15 is 0 Å². The number of amides is 1. The summed E-state index contributed by atoms with van der Waals surface area (Å²) in [5.74, 6) is 0.0850. The quantitative estimate of drug-likeness (QED) is 0.776. The van der Waals surface area contributed by atoms with Gasteiger partial charge >= 0.3 is 0 Å². The predicted octanol–water partition coefficient (Wildman–Crippen LogP) is 4.15. The minimum absolute atomic E-state index is 0.0850. The number of carbonyl (C=O) groups excluding carboxylic acids is 1. The van der Waals surface area contributed by atoms with Crippen LogP contribution in [0.4, 0.5) is 0 Å². The normalized spacial score (nSPS) is 11.0. The summed E-state index contributed by atoms with van der Waals surface area (Å²) >= 11 is 13.6. The molecule has 0 aliphatic heterocycles. The van der Waals surface area contributed by atoms with Crippen LogP contribution in [-0.2, 0) is 17.9 Å². The molecule has 1 amide bonds. The van der Waals surface area contributed by atoms with Crippen LogP contribution in [0.3, 0.4) is 0 Å². The number of nitrogens with zero attached hydrogens (tertiary/aromatic N) is 2. The summed E-state index contributed by atoms with van der Waals surface area (Å²) in [6, 6.07) is 7.46. The van der Waals surface area contributed by atoms with Gasteiger partial charge in [0.05, 0.1) is 6.54 Å². The molecule has 2 rings (SSSR count). The first-order chi connectivity index (χ1) is 10.4. The van der Waals surface area contributed by atoms with E-state index in [-0.39, 0.29) is 5.91 Å². The van der Waals surface area contributed by atoms with E-state index in [9.17, 15) is 4.79 Å². The lowest BCUT2D eigenvalue weighted by Crippen LogP contribution is -2.35. The average molecular weight is 357 g/mol. The van der Waals surface area contributed by atoms with Crippen molar-refractivity contribution in [2.75, 3.05) is 20.6 Å². The number of carbonyl (C=O) groups is 1. The zero-order valence-corrected chi connectivity index (χ0v) is 14.9. The van der Waals surface area contributed by atoms with Crippen molar-refractivity contribution < 1.29 is 4.79 Å². The second-order valence-corrected chi connectivity index (χ2v) is 6.98. The summed E-state index contributed by atoms with van der Waals surface area (Å²) in [6.07, 6.45) is 0. The summed E-state index contributed by atoms with van der Waals surface area (Å²) in [6.45, 7) is 1.61. The zero-order valence-electron chi connectivity index (χ0n) is 12.6. The van der Waals surface area contributed by atoms with Crippen LogP contribution in [0, 0.1) is 0 Å². The fourth-order valence-electron chi connectivity index (χ4n) is 2.17. The van der Waals surface area contributed by atoms with E-state index in [0.717, 1.165) is 11.1 Å². The van der Waals surface area contributed by atoms with Gasteiger partial charge in [0.25, 0.3) is 0 Å². The maximum atomic E-state index is 12.2. The molecular weight excluding hydrogens is 339 g/mol. The predicted molar refractivity (Wildman–Crippen MR) is 93.6 cm³/mol. The Hall–Kier alpha value is -1.07. The molecule has 2 aromatic rings. The minimum atomic E-state index is 0.0850. The number of thiophene rings is 1. The minimum Gasteiger partial charge on any atom is -0.340 e. The number of halogens is 2. The van der Waals surface area contributed by atoms with Crippen molar-refractivity contribution in [2.45, 2.75) is 13.1 Å². The van der Waals surface area contributed by atoms with Gasteiger partial charge in [0.2, 0.25) is 5.91 Å². The highest BCUT2D eigenvalue weighted by Gasteiger charge is 2.13. The van der Waals surface area contributed by atoms with Gasteiger partial charge in [0.1, 0.15) is 0 Å². The number of likely N-dealkylation sites (N-methyl/N-ethyl adjacent to an activating group) is 2. The van der Waals surface area contributed by atoms with Crippen molar-refractivity contribution in [3.63, 3.8) is 0 Å². The van der Waals surface area contributed by atoms with E-state index in [4.69, 9.17) is 23.2 Å². The highest BCUT2D eigenvalue weighted by Crippen LogP contribution is 2.20. The molecule has 0 fully saturated rings. The van der Waals surface area contributed by atoms with Gasteiger partial charge in [0, 0.05) is 30.2 Å². The maximum Gasteiger partial charge on any atom is 0.236 e. The molecule has 0 unspecified atom stereocenters. The Morgan fingerprint density at radius 3 is 2.36 bits per heavy atom. The number of hydrogen-bond acceptors (Lipinski definition) is 3. The molecule has 0 saturated heterocycles. The Bertz CT molecular complexity index is 611. The molecule has 0 N–H and O–H groups in total. The summed E-state index contributed by atoms with van der Waals surface area (Å²) in [4.78, 5) is 15.9. The summed E-state index contributed by atoms with van der Waals surface area (Å²) in [5, 5.41) is 5.29. The van der Waals surface area contributed by atoms with Crippen LogP contribution >= 0.6 is 34.5 Å². The Balaban J connectivity index is 1.87. The molecule has 118 valence electrons. The molecule has 1 aromatic heterocycles.